The third kappa shape index (κ3) is 14.1. The minimum absolute atomic E-state index is 0. The number of aliphatic imine (C=N–C) groups is 1. The number of benzene rings is 1. The second-order valence-electron chi connectivity index (χ2n) is 6.24. The number of halogens is 1. The van der Waals surface area contributed by atoms with Gasteiger partial charge in [0.1, 0.15) is 0 Å². The van der Waals surface area contributed by atoms with E-state index >= 15 is 0 Å². The van der Waals surface area contributed by atoms with Crippen molar-refractivity contribution in [3.63, 3.8) is 0 Å². The Kier molecular flexibility index (Phi) is 18.8. The summed E-state index contributed by atoms with van der Waals surface area (Å²) in [4.78, 5) is 4.27. The van der Waals surface area contributed by atoms with Crippen molar-refractivity contribution in [1.29, 1.82) is 0 Å². The van der Waals surface area contributed by atoms with Gasteiger partial charge in [-0.25, -0.2) is 0 Å². The average molecular weight is 507 g/mol. The lowest BCUT2D eigenvalue weighted by atomic mass is 10.1. The number of rotatable bonds is 15. The van der Waals surface area contributed by atoms with Gasteiger partial charge in [-0.3, -0.25) is 4.99 Å². The van der Waals surface area contributed by atoms with Crippen LogP contribution in [0.4, 0.5) is 0 Å². The molecule has 28 heavy (non-hydrogen) atoms. The van der Waals surface area contributed by atoms with Gasteiger partial charge >= 0.3 is 0 Å². The zero-order chi connectivity index (χ0) is 19.6. The van der Waals surface area contributed by atoms with Crippen LogP contribution in [0.3, 0.4) is 0 Å². The zero-order valence-corrected chi connectivity index (χ0v) is 20.0. The number of nitrogens with zero attached hydrogens (tertiary/aromatic N) is 1. The SMILES string of the molecule is CCCCOCCCNC(=NC)NCc1cccc(COCCOCC)c1.I. The van der Waals surface area contributed by atoms with Gasteiger partial charge in [-0.05, 0) is 30.9 Å². The molecule has 0 fully saturated rings. The molecule has 0 saturated heterocycles. The molecule has 0 aliphatic heterocycles. The molecule has 1 aromatic rings. The molecule has 0 heterocycles. The summed E-state index contributed by atoms with van der Waals surface area (Å²) in [5.41, 5.74) is 2.37. The Morgan fingerprint density at radius 1 is 0.929 bits per heavy atom. The quantitative estimate of drug-likeness (QED) is 0.164. The van der Waals surface area contributed by atoms with Crippen LogP contribution < -0.4 is 10.6 Å². The van der Waals surface area contributed by atoms with Crippen molar-refractivity contribution in [3.05, 3.63) is 35.4 Å². The summed E-state index contributed by atoms with van der Waals surface area (Å²) in [6.07, 6.45) is 3.28. The number of hydrogen-bond donors (Lipinski definition) is 2. The molecule has 7 heteroatoms. The Morgan fingerprint density at radius 3 is 2.43 bits per heavy atom. The number of unbranched alkanes of at least 4 members (excludes halogenated alkanes) is 1. The fraction of sp³-hybridized carbons (Fsp3) is 0.667. The van der Waals surface area contributed by atoms with Gasteiger partial charge in [0, 0.05) is 40.0 Å². The molecule has 0 radical (unpaired) electrons. The Hall–Kier alpha value is -0.900. The van der Waals surface area contributed by atoms with Crippen molar-refractivity contribution in [1.82, 2.24) is 10.6 Å². The van der Waals surface area contributed by atoms with Crippen LogP contribution in [0, 0.1) is 0 Å². The molecule has 1 aromatic carbocycles. The van der Waals surface area contributed by atoms with E-state index in [9.17, 15) is 0 Å². The molecule has 0 amide bonds. The van der Waals surface area contributed by atoms with E-state index in [2.05, 4.69) is 46.8 Å². The number of guanidine groups is 1. The lowest BCUT2D eigenvalue weighted by Gasteiger charge is -2.13. The topological polar surface area (TPSA) is 64.1 Å². The van der Waals surface area contributed by atoms with Crippen molar-refractivity contribution < 1.29 is 14.2 Å². The largest absolute Gasteiger partial charge is 0.381 e. The van der Waals surface area contributed by atoms with Crippen LogP contribution >= 0.6 is 24.0 Å². The van der Waals surface area contributed by atoms with E-state index in [1.807, 2.05) is 6.92 Å². The summed E-state index contributed by atoms with van der Waals surface area (Å²) in [7, 11) is 1.79. The number of ether oxygens (including phenoxy) is 3. The van der Waals surface area contributed by atoms with E-state index < -0.39 is 0 Å². The smallest absolute Gasteiger partial charge is 0.191 e. The monoisotopic (exact) mass is 507 g/mol. The van der Waals surface area contributed by atoms with Gasteiger partial charge in [-0.2, -0.15) is 0 Å². The summed E-state index contributed by atoms with van der Waals surface area (Å²) in [6, 6.07) is 8.39. The van der Waals surface area contributed by atoms with Crippen molar-refractivity contribution >= 4 is 29.9 Å². The average Bonchev–Trinajstić information content (AvgIpc) is 2.69. The molecule has 2 N–H and O–H groups in total. The van der Waals surface area contributed by atoms with Crippen LogP contribution in [0.5, 0.6) is 0 Å². The zero-order valence-electron chi connectivity index (χ0n) is 17.7. The number of nitrogens with one attached hydrogen (secondary N) is 2. The van der Waals surface area contributed by atoms with Gasteiger partial charge in [0.2, 0.25) is 0 Å². The first kappa shape index (κ1) is 27.1. The second kappa shape index (κ2) is 19.4. The first-order valence-electron chi connectivity index (χ1n) is 10.1. The van der Waals surface area contributed by atoms with Crippen LogP contribution in [0.15, 0.2) is 29.3 Å². The molecule has 6 nitrogen and oxygen atoms in total. The molecule has 0 saturated carbocycles. The van der Waals surface area contributed by atoms with Gasteiger partial charge in [0.25, 0.3) is 0 Å². The van der Waals surface area contributed by atoms with Gasteiger partial charge in [-0.1, -0.05) is 37.6 Å². The lowest BCUT2D eigenvalue weighted by Crippen LogP contribution is -2.37. The van der Waals surface area contributed by atoms with Gasteiger partial charge in [-0.15, -0.1) is 24.0 Å². The van der Waals surface area contributed by atoms with Gasteiger partial charge in [0.05, 0.1) is 19.8 Å². The lowest BCUT2D eigenvalue weighted by molar-refractivity contribution is 0.0453. The summed E-state index contributed by atoms with van der Waals surface area (Å²) >= 11 is 0. The van der Waals surface area contributed by atoms with E-state index in [0.29, 0.717) is 19.8 Å². The molecular formula is C21H38IN3O3. The molecule has 0 aliphatic carbocycles. The molecule has 1 rings (SSSR count). The second-order valence-corrected chi connectivity index (χ2v) is 6.24. The molecule has 0 atom stereocenters. The van der Waals surface area contributed by atoms with Crippen molar-refractivity contribution in [2.45, 2.75) is 46.3 Å². The maximum Gasteiger partial charge on any atom is 0.191 e. The predicted octanol–water partition coefficient (Wildman–Crippen LogP) is 3.73. The summed E-state index contributed by atoms with van der Waals surface area (Å²) in [5, 5.41) is 6.66. The minimum Gasteiger partial charge on any atom is -0.381 e. The highest BCUT2D eigenvalue weighted by atomic mass is 127. The summed E-state index contributed by atoms with van der Waals surface area (Å²) < 4.78 is 16.5. The standard InChI is InChI=1S/C21H37N3O3.HI/c1-4-6-12-26-13-8-11-23-21(22-3)24-17-19-9-7-10-20(16-19)18-27-15-14-25-5-2;/h7,9-10,16H,4-6,8,11-15,17-18H2,1-3H3,(H2,22,23,24);1H. The molecule has 0 unspecified atom stereocenters. The molecule has 0 spiro atoms. The summed E-state index contributed by atoms with van der Waals surface area (Å²) in [5.74, 6) is 0.807. The third-order valence-corrected chi connectivity index (χ3v) is 3.92. The van der Waals surface area contributed by atoms with Gasteiger partial charge in [0.15, 0.2) is 5.96 Å². The Morgan fingerprint density at radius 2 is 1.68 bits per heavy atom. The maximum absolute atomic E-state index is 5.63. The molecule has 0 aromatic heterocycles. The first-order chi connectivity index (χ1) is 13.3. The van der Waals surface area contributed by atoms with Crippen LogP contribution in [-0.2, 0) is 27.4 Å². The van der Waals surface area contributed by atoms with Crippen LogP contribution in [0.2, 0.25) is 0 Å². The van der Waals surface area contributed by atoms with Crippen molar-refractivity contribution in [3.8, 4) is 0 Å². The van der Waals surface area contributed by atoms with E-state index in [-0.39, 0.29) is 24.0 Å². The normalized spacial score (nSPS) is 11.2. The molecule has 0 bridgehead atoms. The third-order valence-electron chi connectivity index (χ3n) is 3.92. The summed E-state index contributed by atoms with van der Waals surface area (Å²) in [6.45, 7) is 9.96. The molecule has 162 valence electrons. The van der Waals surface area contributed by atoms with E-state index in [4.69, 9.17) is 14.2 Å². The fourth-order valence-corrected chi connectivity index (χ4v) is 2.42. The Balaban J connectivity index is 0.00000729. The highest BCUT2D eigenvalue weighted by Crippen LogP contribution is 2.06. The maximum atomic E-state index is 5.63. The van der Waals surface area contributed by atoms with Crippen molar-refractivity contribution in [2.24, 2.45) is 4.99 Å². The fourth-order valence-electron chi connectivity index (χ4n) is 2.42. The highest BCUT2D eigenvalue weighted by Gasteiger charge is 2.00. The molecular weight excluding hydrogens is 469 g/mol. The van der Waals surface area contributed by atoms with Crippen LogP contribution in [0.25, 0.3) is 0 Å². The molecule has 0 aliphatic rings. The van der Waals surface area contributed by atoms with E-state index in [0.717, 1.165) is 57.3 Å². The predicted molar refractivity (Wildman–Crippen MR) is 127 cm³/mol. The van der Waals surface area contributed by atoms with Crippen LogP contribution in [0.1, 0.15) is 44.2 Å². The first-order valence-corrected chi connectivity index (χ1v) is 10.1. The van der Waals surface area contributed by atoms with Gasteiger partial charge < -0.3 is 24.8 Å². The van der Waals surface area contributed by atoms with Crippen LogP contribution in [-0.4, -0.2) is 52.6 Å². The Bertz CT molecular complexity index is 515. The Labute approximate surface area is 187 Å². The van der Waals surface area contributed by atoms with E-state index in [1.165, 1.54) is 12.0 Å². The van der Waals surface area contributed by atoms with E-state index in [1.54, 1.807) is 7.05 Å². The van der Waals surface area contributed by atoms with Crippen molar-refractivity contribution in [2.75, 3.05) is 46.6 Å². The highest BCUT2D eigenvalue weighted by molar-refractivity contribution is 14.0. The number of hydrogen-bond acceptors (Lipinski definition) is 4. The minimum atomic E-state index is 0.